The van der Waals surface area contributed by atoms with Gasteiger partial charge in [0.2, 0.25) is 10.0 Å². The summed E-state index contributed by atoms with van der Waals surface area (Å²) in [7, 11) is -4.00. The van der Waals surface area contributed by atoms with Gasteiger partial charge in [0.1, 0.15) is 16.7 Å². The molecule has 1 aromatic carbocycles. The van der Waals surface area contributed by atoms with Crippen molar-refractivity contribution in [3.63, 3.8) is 0 Å². The van der Waals surface area contributed by atoms with Crippen LogP contribution in [0.3, 0.4) is 0 Å². The molecule has 0 aliphatic carbocycles. The minimum atomic E-state index is -4.00. The van der Waals surface area contributed by atoms with Gasteiger partial charge in [0.25, 0.3) is 11.2 Å². The Bertz CT molecular complexity index is 1360. The second-order valence-corrected chi connectivity index (χ2v) is 11.8. The van der Waals surface area contributed by atoms with E-state index in [2.05, 4.69) is 33.3 Å². The molecule has 0 radical (unpaired) electrons. The van der Waals surface area contributed by atoms with Crippen LogP contribution in [0.15, 0.2) is 54.7 Å². The van der Waals surface area contributed by atoms with Gasteiger partial charge in [-0.3, -0.25) is 0 Å². The summed E-state index contributed by atoms with van der Waals surface area (Å²) in [6.07, 6.45) is 6.86. The van der Waals surface area contributed by atoms with Crippen LogP contribution in [0.4, 0.5) is 5.69 Å². The minimum absolute atomic E-state index is 0.0343. The van der Waals surface area contributed by atoms with Crippen LogP contribution in [0, 0.1) is 0 Å². The van der Waals surface area contributed by atoms with Gasteiger partial charge in [-0.1, -0.05) is 37.6 Å². The maximum atomic E-state index is 13.1. The first kappa shape index (κ1) is 26.4. The summed E-state index contributed by atoms with van der Waals surface area (Å²) in [5.74, 6) is 0.595. The second kappa shape index (κ2) is 10.8. The van der Waals surface area contributed by atoms with E-state index in [4.69, 9.17) is 16.0 Å². The summed E-state index contributed by atoms with van der Waals surface area (Å²) < 4.78 is 53.5. The number of rotatable bonds is 7. The lowest BCUT2D eigenvalue weighted by Crippen LogP contribution is -2.36. The van der Waals surface area contributed by atoms with Gasteiger partial charge in [-0.2, -0.15) is 4.31 Å². The minimum Gasteiger partial charge on any atom is -0.504 e. The van der Waals surface area contributed by atoms with Crippen LogP contribution in [-0.2, 0) is 21.2 Å². The number of allylic oxidation sites excluding steroid dienone is 1. The monoisotopic (exact) mass is 553 g/mol. The zero-order chi connectivity index (χ0) is 26.0. The van der Waals surface area contributed by atoms with Gasteiger partial charge in [0.15, 0.2) is 17.4 Å². The highest BCUT2D eigenvalue weighted by atomic mass is 35.5. The van der Waals surface area contributed by atoms with Crippen LogP contribution in [0.2, 0.25) is 5.02 Å². The third-order valence-electron chi connectivity index (χ3n) is 5.85. The summed E-state index contributed by atoms with van der Waals surface area (Å²) in [6.45, 7) is 6.70. The molecule has 0 bridgehead atoms. The van der Waals surface area contributed by atoms with Crippen molar-refractivity contribution >= 4 is 50.2 Å². The van der Waals surface area contributed by atoms with E-state index in [1.54, 1.807) is 6.26 Å². The smallest absolute Gasteiger partial charge is 0.269 e. The fraction of sp³-hybridized carbons (Fsp3) is 0.391. The Balaban J connectivity index is 1.61. The van der Waals surface area contributed by atoms with Gasteiger partial charge >= 0.3 is 0 Å². The van der Waals surface area contributed by atoms with Gasteiger partial charge in [-0.05, 0) is 49.4 Å². The van der Waals surface area contributed by atoms with Crippen molar-refractivity contribution in [2.75, 3.05) is 18.4 Å². The van der Waals surface area contributed by atoms with E-state index < -0.39 is 33.0 Å². The van der Waals surface area contributed by atoms with Crippen LogP contribution in [-0.4, -0.2) is 46.8 Å². The van der Waals surface area contributed by atoms with Crippen LogP contribution >= 0.6 is 11.6 Å². The number of phenols is 1. The number of aromatic hydroxyl groups is 1. The fourth-order valence-corrected chi connectivity index (χ4v) is 6.64. The van der Waals surface area contributed by atoms with E-state index in [9.17, 15) is 17.7 Å². The molecular weight excluding hydrogens is 526 g/mol. The molecule has 1 aromatic heterocycles. The molecule has 2 aromatic rings. The molecule has 2 unspecified atom stereocenters. The first-order chi connectivity index (χ1) is 17.1. The first-order valence-electron chi connectivity index (χ1n) is 11.5. The number of nitrogens with one attached hydrogen (secondary N) is 2. The Kier molecular flexibility index (Phi) is 7.88. The van der Waals surface area contributed by atoms with Crippen molar-refractivity contribution in [2.45, 2.75) is 50.5 Å². The molecule has 0 saturated carbocycles. The number of phenolic OH excluding ortho intramolecular Hbond substituents is 1. The molecule has 1 saturated heterocycles. The van der Waals surface area contributed by atoms with Gasteiger partial charge in [0.05, 0.1) is 17.0 Å². The zero-order valence-electron chi connectivity index (χ0n) is 20.1. The topological polar surface area (TPSA) is 137 Å². The van der Waals surface area contributed by atoms with Crippen LogP contribution in [0.5, 0.6) is 5.75 Å². The summed E-state index contributed by atoms with van der Waals surface area (Å²) >= 11 is 4.29. The van der Waals surface area contributed by atoms with E-state index >= 15 is 0 Å². The Hall–Kier alpha value is -2.67. The average molecular weight is 554 g/mol. The number of sulfonamides is 1. The quantitative estimate of drug-likeness (QED) is 0.344. The standard InChI is InChI=1S/C23H28ClN5O5S2/c1-4-7-17(19-12-15(13-34-19)14(2)3)25-22-23(28-35(31)27-22)26-18-9-8-16(24)21(20(18)30)36(32,33)29-10-5-6-11-29/h4,7-9,12-14,17,30H,5-6,10-11H2,1-3H3,(H,25,27)(H,26,28)/b7-4+. The predicted molar refractivity (Wildman–Crippen MR) is 141 cm³/mol. The molecule has 0 amide bonds. The van der Waals surface area contributed by atoms with Gasteiger partial charge in [-0.15, -0.1) is 8.80 Å². The normalized spacial score (nSPS) is 19.6. The number of hydrogen-bond acceptors (Lipinski definition) is 7. The number of hydrogen-bond donors (Lipinski definition) is 3. The molecule has 2 atom stereocenters. The van der Waals surface area contributed by atoms with Crippen LogP contribution < -0.4 is 10.6 Å². The first-order valence-corrected chi connectivity index (χ1v) is 14.4. The molecule has 36 heavy (non-hydrogen) atoms. The maximum absolute atomic E-state index is 13.1. The van der Waals surface area contributed by atoms with E-state index in [-0.39, 0.29) is 33.2 Å². The Morgan fingerprint density at radius 3 is 2.56 bits per heavy atom. The number of amidine groups is 2. The predicted octanol–water partition coefficient (Wildman–Crippen LogP) is 4.25. The van der Waals surface area contributed by atoms with Crippen molar-refractivity contribution in [3.05, 3.63) is 53.0 Å². The van der Waals surface area contributed by atoms with Crippen LogP contribution in [0.25, 0.3) is 0 Å². The van der Waals surface area contributed by atoms with Gasteiger partial charge in [0, 0.05) is 13.1 Å². The van der Waals surface area contributed by atoms with Crippen molar-refractivity contribution in [2.24, 2.45) is 8.80 Å². The largest absolute Gasteiger partial charge is 0.504 e. The molecule has 0 spiro atoms. The lowest BCUT2D eigenvalue weighted by atomic mass is 10.1. The third-order valence-corrected chi connectivity index (χ3v) is 8.93. The average Bonchev–Trinajstić information content (AvgIpc) is 3.57. The summed E-state index contributed by atoms with van der Waals surface area (Å²) in [5.41, 5.74) is 1.06. The highest BCUT2D eigenvalue weighted by Crippen LogP contribution is 2.39. The number of nitrogens with zero attached hydrogens (tertiary/aromatic N) is 3. The third kappa shape index (κ3) is 5.36. The molecular formula is C23H28ClN5O5S2. The van der Waals surface area contributed by atoms with Crippen molar-refractivity contribution in [3.8, 4) is 5.75 Å². The molecule has 4 rings (SSSR count). The molecule has 2 aliphatic rings. The fourth-order valence-electron chi connectivity index (χ4n) is 3.91. The zero-order valence-corrected chi connectivity index (χ0v) is 22.5. The molecule has 1 fully saturated rings. The number of anilines is 1. The summed E-state index contributed by atoms with van der Waals surface area (Å²) in [4.78, 5) is -0.383. The van der Waals surface area contributed by atoms with E-state index in [1.165, 1.54) is 16.4 Å². The molecule has 10 nitrogen and oxygen atoms in total. The summed E-state index contributed by atoms with van der Waals surface area (Å²) in [6, 6.07) is 4.29. The van der Waals surface area contributed by atoms with Crippen molar-refractivity contribution in [1.82, 2.24) is 9.62 Å². The van der Waals surface area contributed by atoms with E-state index in [0.29, 0.717) is 18.8 Å². The SMILES string of the molecule is C/C=C/C(NC1=NS(=O)N=C1Nc1ccc(Cl)c(S(=O)(=O)N2CCCC2)c1O)c1cc(C(C)C)co1. The molecule has 13 heteroatoms. The molecule has 3 heterocycles. The lowest BCUT2D eigenvalue weighted by molar-refractivity contribution is 0.445. The molecule has 2 aliphatic heterocycles. The van der Waals surface area contributed by atoms with Crippen molar-refractivity contribution < 1.29 is 22.2 Å². The highest BCUT2D eigenvalue weighted by molar-refractivity contribution is 7.89. The van der Waals surface area contributed by atoms with E-state index in [0.717, 1.165) is 18.4 Å². The Morgan fingerprint density at radius 1 is 1.22 bits per heavy atom. The second-order valence-electron chi connectivity index (χ2n) is 8.70. The van der Waals surface area contributed by atoms with Crippen LogP contribution in [0.1, 0.15) is 56.9 Å². The van der Waals surface area contributed by atoms with E-state index in [1.807, 2.05) is 25.1 Å². The number of halogens is 1. The summed E-state index contributed by atoms with van der Waals surface area (Å²) in [5, 5.41) is 16.8. The number of benzene rings is 1. The van der Waals surface area contributed by atoms with Gasteiger partial charge < -0.3 is 20.2 Å². The molecule has 3 N–H and O–H groups in total. The molecule has 194 valence electrons. The number of furan rings is 1. The lowest BCUT2D eigenvalue weighted by Gasteiger charge is -2.20. The maximum Gasteiger partial charge on any atom is 0.269 e. The Morgan fingerprint density at radius 2 is 1.92 bits per heavy atom. The van der Waals surface area contributed by atoms with Crippen molar-refractivity contribution in [1.29, 1.82) is 0 Å². The Labute approximate surface area is 217 Å². The highest BCUT2D eigenvalue weighted by Gasteiger charge is 2.33. The van der Waals surface area contributed by atoms with Gasteiger partial charge in [-0.25, -0.2) is 12.6 Å².